The molecule has 0 saturated carbocycles. The normalized spacial score (nSPS) is 19.2. The fraction of sp³-hybridized carbons (Fsp3) is 0.391. The van der Waals surface area contributed by atoms with E-state index in [1.54, 1.807) is 34.7 Å². The summed E-state index contributed by atoms with van der Waals surface area (Å²) in [6.07, 6.45) is 1.74. The molecule has 2 N–H and O–H groups in total. The smallest absolute Gasteiger partial charge is 0.163 e. The van der Waals surface area contributed by atoms with E-state index in [-0.39, 0.29) is 5.82 Å². The molecule has 1 fully saturated rings. The summed E-state index contributed by atoms with van der Waals surface area (Å²) < 4.78 is 33.3. The van der Waals surface area contributed by atoms with Crippen molar-refractivity contribution in [2.24, 2.45) is 7.05 Å². The zero-order valence-corrected chi connectivity index (χ0v) is 18.7. The third-order valence-electron chi connectivity index (χ3n) is 5.95. The van der Waals surface area contributed by atoms with Crippen LogP contribution in [0.2, 0.25) is 0 Å². The molecule has 0 amide bonds. The molecule has 7 nitrogen and oxygen atoms in total. The molecule has 32 heavy (non-hydrogen) atoms. The van der Waals surface area contributed by atoms with Gasteiger partial charge in [0.05, 0.1) is 10.9 Å². The second-order valence-electron chi connectivity index (χ2n) is 8.68. The fourth-order valence-corrected chi connectivity index (χ4v) is 4.71. The van der Waals surface area contributed by atoms with E-state index in [1.807, 2.05) is 13.0 Å². The largest absolute Gasteiger partial charge is 0.368 e. The summed E-state index contributed by atoms with van der Waals surface area (Å²) in [6, 6.07) is 7.37. The molecule has 0 bridgehead atoms. The van der Waals surface area contributed by atoms with Crippen LogP contribution in [-0.2, 0) is 13.6 Å². The molecule has 9 heteroatoms. The van der Waals surface area contributed by atoms with Crippen LogP contribution < -0.4 is 15.5 Å². The molecular weight excluding hydrogens is 412 g/mol. The lowest BCUT2D eigenvalue weighted by Crippen LogP contribution is -2.54. The second-order valence-corrected chi connectivity index (χ2v) is 8.68. The Morgan fingerprint density at radius 2 is 1.81 bits per heavy atom. The van der Waals surface area contributed by atoms with Crippen LogP contribution in [0.5, 0.6) is 0 Å². The zero-order chi connectivity index (χ0) is 22.6. The molecule has 0 radical (unpaired) electrons. The number of aryl methyl sites for hydroxylation is 2. The molecule has 0 unspecified atom stereocenters. The number of aromatic nitrogens is 4. The summed E-state index contributed by atoms with van der Waals surface area (Å²) in [5, 5.41) is 16.4. The molecule has 1 aliphatic rings. The maximum atomic E-state index is 15.4. The Labute approximate surface area is 185 Å². The van der Waals surface area contributed by atoms with Crippen molar-refractivity contribution in [3.8, 4) is 0 Å². The Hall–Kier alpha value is -3.20. The number of piperazine rings is 1. The molecule has 1 aliphatic heterocycles. The van der Waals surface area contributed by atoms with Gasteiger partial charge in [0.25, 0.3) is 0 Å². The fourth-order valence-electron chi connectivity index (χ4n) is 4.71. The number of rotatable bonds is 4. The van der Waals surface area contributed by atoms with Gasteiger partial charge in [0.15, 0.2) is 11.6 Å². The minimum Gasteiger partial charge on any atom is -0.368 e. The topological polar surface area (TPSA) is 62.9 Å². The van der Waals surface area contributed by atoms with Crippen molar-refractivity contribution in [3.63, 3.8) is 0 Å². The number of hydrogen-bond donors (Lipinski definition) is 2. The third kappa shape index (κ3) is 3.56. The molecule has 5 rings (SSSR count). The number of halogens is 2. The molecule has 168 valence electrons. The van der Waals surface area contributed by atoms with E-state index >= 15 is 4.39 Å². The van der Waals surface area contributed by atoms with E-state index in [2.05, 4.69) is 39.6 Å². The summed E-state index contributed by atoms with van der Waals surface area (Å²) in [4.78, 5) is 2.21. The van der Waals surface area contributed by atoms with Crippen LogP contribution in [0, 0.1) is 11.6 Å². The number of hydrogen-bond acceptors (Lipinski definition) is 5. The highest BCUT2D eigenvalue weighted by Crippen LogP contribution is 2.34. The quantitative estimate of drug-likeness (QED) is 0.500. The Balaban J connectivity index is 1.56. The summed E-state index contributed by atoms with van der Waals surface area (Å²) in [5.74, 6) is -0.411. The first-order valence-electron chi connectivity index (χ1n) is 10.9. The average Bonchev–Trinajstić information content (AvgIpc) is 3.27. The van der Waals surface area contributed by atoms with Crippen molar-refractivity contribution in [3.05, 3.63) is 42.1 Å². The van der Waals surface area contributed by atoms with Gasteiger partial charge in [-0.2, -0.15) is 10.2 Å². The van der Waals surface area contributed by atoms with E-state index in [0.717, 1.165) is 18.8 Å². The van der Waals surface area contributed by atoms with Crippen LogP contribution in [0.3, 0.4) is 0 Å². The van der Waals surface area contributed by atoms with Crippen LogP contribution in [0.25, 0.3) is 21.8 Å². The van der Waals surface area contributed by atoms with Crippen molar-refractivity contribution in [1.29, 1.82) is 0 Å². The van der Waals surface area contributed by atoms with Gasteiger partial charge in [-0.3, -0.25) is 9.36 Å². The summed E-state index contributed by atoms with van der Waals surface area (Å²) in [7, 11) is 1.75. The van der Waals surface area contributed by atoms with E-state index in [9.17, 15) is 4.39 Å². The first-order chi connectivity index (χ1) is 15.3. The van der Waals surface area contributed by atoms with Crippen LogP contribution in [0.4, 0.5) is 26.0 Å². The maximum absolute atomic E-state index is 15.4. The molecule has 0 aliphatic carbocycles. The van der Waals surface area contributed by atoms with Crippen LogP contribution in [-0.4, -0.2) is 44.7 Å². The van der Waals surface area contributed by atoms with E-state index in [1.165, 1.54) is 6.07 Å². The van der Waals surface area contributed by atoms with Gasteiger partial charge in [-0.25, -0.2) is 8.78 Å². The lowest BCUT2D eigenvalue weighted by atomic mass is 10.1. The number of benzene rings is 2. The van der Waals surface area contributed by atoms with Gasteiger partial charge in [-0.15, -0.1) is 0 Å². The number of anilines is 3. The molecule has 0 spiro atoms. The molecule has 2 atom stereocenters. The van der Waals surface area contributed by atoms with Gasteiger partial charge in [0.2, 0.25) is 0 Å². The summed E-state index contributed by atoms with van der Waals surface area (Å²) >= 11 is 0. The minimum atomic E-state index is -0.436. The third-order valence-corrected chi connectivity index (χ3v) is 5.95. The minimum absolute atomic E-state index is 0.303. The Kier molecular flexibility index (Phi) is 5.00. The van der Waals surface area contributed by atoms with Gasteiger partial charge in [0.1, 0.15) is 11.3 Å². The molecular formula is C23H27F2N7. The highest BCUT2D eigenvalue weighted by Gasteiger charge is 2.24. The van der Waals surface area contributed by atoms with Gasteiger partial charge >= 0.3 is 0 Å². The second kappa shape index (κ2) is 7.74. The highest BCUT2D eigenvalue weighted by molar-refractivity contribution is 5.95. The molecule has 1 saturated heterocycles. The predicted octanol–water partition coefficient (Wildman–Crippen LogP) is 4.15. The van der Waals surface area contributed by atoms with Crippen LogP contribution in [0.15, 0.2) is 30.5 Å². The lowest BCUT2D eigenvalue weighted by Gasteiger charge is -2.37. The van der Waals surface area contributed by atoms with Gasteiger partial charge in [0, 0.05) is 61.7 Å². The maximum Gasteiger partial charge on any atom is 0.163 e. The number of fused-ring (bicyclic) bond motifs is 2. The monoisotopic (exact) mass is 439 g/mol. The lowest BCUT2D eigenvalue weighted by molar-refractivity contribution is 0.407. The molecule has 2 aromatic carbocycles. The van der Waals surface area contributed by atoms with E-state index in [4.69, 9.17) is 0 Å². The van der Waals surface area contributed by atoms with E-state index in [0.29, 0.717) is 51.9 Å². The van der Waals surface area contributed by atoms with Gasteiger partial charge in [-0.05, 0) is 45.0 Å². The molecule has 4 aromatic rings. The van der Waals surface area contributed by atoms with Crippen LogP contribution in [0.1, 0.15) is 20.8 Å². The van der Waals surface area contributed by atoms with E-state index < -0.39 is 5.82 Å². The average molecular weight is 440 g/mol. The van der Waals surface area contributed by atoms with Gasteiger partial charge < -0.3 is 15.5 Å². The number of nitrogens with one attached hydrogen (secondary N) is 2. The summed E-state index contributed by atoms with van der Waals surface area (Å²) in [5.41, 5.74) is 2.36. The van der Waals surface area contributed by atoms with Crippen molar-refractivity contribution in [2.75, 3.05) is 23.3 Å². The first kappa shape index (κ1) is 20.7. The Morgan fingerprint density at radius 1 is 1.06 bits per heavy atom. The SMILES string of the molecule is CCn1nc(Nc2cc(F)c3nn(C)cc3c2)c2c(F)cc(N3C[C@H](C)N[C@@H](C)C3)cc21. The standard InChI is InChI=1S/C23H27F2N7/c1-5-32-20-9-17(31-10-13(2)26-14(3)11-31)8-18(24)21(20)23(29-32)27-16-6-15-12-30(4)28-22(15)19(25)7-16/h6-9,12-14,26H,5,10-11H2,1-4H3,(H,27,29)/t13-,14-/m0/s1. The van der Waals surface area contributed by atoms with Crippen molar-refractivity contribution in [2.45, 2.75) is 39.4 Å². The number of nitrogens with zero attached hydrogens (tertiary/aromatic N) is 5. The Bertz CT molecular complexity index is 1300. The van der Waals surface area contributed by atoms with Crippen molar-refractivity contribution in [1.82, 2.24) is 24.9 Å². The van der Waals surface area contributed by atoms with Crippen molar-refractivity contribution >= 4 is 39.0 Å². The zero-order valence-electron chi connectivity index (χ0n) is 18.7. The molecule has 3 heterocycles. The first-order valence-corrected chi connectivity index (χ1v) is 10.9. The predicted molar refractivity (Wildman–Crippen MR) is 124 cm³/mol. The Morgan fingerprint density at radius 3 is 2.53 bits per heavy atom. The van der Waals surface area contributed by atoms with Crippen molar-refractivity contribution < 1.29 is 8.78 Å². The molecule has 2 aromatic heterocycles. The van der Waals surface area contributed by atoms with Gasteiger partial charge in [-0.1, -0.05) is 0 Å². The van der Waals surface area contributed by atoms with Crippen LogP contribution >= 0.6 is 0 Å². The highest BCUT2D eigenvalue weighted by atomic mass is 19.1. The summed E-state index contributed by atoms with van der Waals surface area (Å²) in [6.45, 7) is 8.45.